The SMILES string of the molecule is O=C(Cc1ccoc1)C1CNC1. The summed E-state index contributed by atoms with van der Waals surface area (Å²) in [5.41, 5.74) is 0.979. The van der Waals surface area contributed by atoms with E-state index >= 15 is 0 Å². The molecular formula is C9H11NO2. The lowest BCUT2D eigenvalue weighted by atomic mass is 9.94. The zero-order valence-electron chi connectivity index (χ0n) is 6.75. The fourth-order valence-electron chi connectivity index (χ4n) is 1.26. The topological polar surface area (TPSA) is 42.2 Å². The van der Waals surface area contributed by atoms with Crippen LogP contribution in [0.1, 0.15) is 5.56 Å². The maximum Gasteiger partial charge on any atom is 0.142 e. The Bertz CT molecular complexity index is 262. The molecule has 1 aromatic heterocycles. The first kappa shape index (κ1) is 7.55. The number of furan rings is 1. The number of rotatable bonds is 3. The van der Waals surface area contributed by atoms with Crippen molar-refractivity contribution in [1.82, 2.24) is 5.32 Å². The van der Waals surface area contributed by atoms with Crippen molar-refractivity contribution in [2.75, 3.05) is 13.1 Å². The number of ketones is 1. The molecule has 64 valence electrons. The van der Waals surface area contributed by atoms with Crippen molar-refractivity contribution in [2.24, 2.45) is 5.92 Å². The minimum absolute atomic E-state index is 0.236. The Morgan fingerprint density at radius 1 is 1.67 bits per heavy atom. The number of carbonyl (C=O) groups is 1. The van der Waals surface area contributed by atoms with E-state index in [1.165, 1.54) is 0 Å². The first-order valence-electron chi connectivity index (χ1n) is 4.11. The van der Waals surface area contributed by atoms with E-state index in [2.05, 4.69) is 5.32 Å². The van der Waals surface area contributed by atoms with Crippen LogP contribution in [0.2, 0.25) is 0 Å². The van der Waals surface area contributed by atoms with Crippen LogP contribution in [-0.2, 0) is 11.2 Å². The lowest BCUT2D eigenvalue weighted by Crippen LogP contribution is -2.47. The molecule has 0 saturated carbocycles. The van der Waals surface area contributed by atoms with Gasteiger partial charge < -0.3 is 9.73 Å². The molecule has 1 fully saturated rings. The average molecular weight is 165 g/mol. The summed E-state index contributed by atoms with van der Waals surface area (Å²) in [5, 5.41) is 3.08. The van der Waals surface area contributed by atoms with E-state index in [0.29, 0.717) is 12.2 Å². The highest BCUT2D eigenvalue weighted by Crippen LogP contribution is 2.09. The van der Waals surface area contributed by atoms with Gasteiger partial charge in [-0.2, -0.15) is 0 Å². The molecule has 2 heterocycles. The van der Waals surface area contributed by atoms with Crippen LogP contribution in [0.15, 0.2) is 23.0 Å². The quantitative estimate of drug-likeness (QED) is 0.713. The molecule has 1 aliphatic heterocycles. The van der Waals surface area contributed by atoms with Gasteiger partial charge in [0.2, 0.25) is 0 Å². The van der Waals surface area contributed by atoms with Gasteiger partial charge in [0.25, 0.3) is 0 Å². The standard InChI is InChI=1S/C9H11NO2/c11-9(8-4-10-5-8)3-7-1-2-12-6-7/h1-2,6,8,10H,3-5H2. The summed E-state index contributed by atoms with van der Waals surface area (Å²) in [6, 6.07) is 1.84. The van der Waals surface area contributed by atoms with Crippen LogP contribution in [-0.4, -0.2) is 18.9 Å². The Kier molecular flexibility index (Phi) is 1.96. The molecule has 0 amide bonds. The highest BCUT2D eigenvalue weighted by Gasteiger charge is 2.24. The van der Waals surface area contributed by atoms with E-state index in [4.69, 9.17) is 4.42 Å². The van der Waals surface area contributed by atoms with Crippen LogP contribution in [0, 0.1) is 5.92 Å². The third-order valence-electron chi connectivity index (χ3n) is 2.20. The van der Waals surface area contributed by atoms with E-state index < -0.39 is 0 Å². The van der Waals surface area contributed by atoms with Crippen molar-refractivity contribution >= 4 is 5.78 Å². The number of hydrogen-bond acceptors (Lipinski definition) is 3. The fourth-order valence-corrected chi connectivity index (χ4v) is 1.26. The molecule has 0 aromatic carbocycles. The second-order valence-corrected chi connectivity index (χ2v) is 3.13. The lowest BCUT2D eigenvalue weighted by molar-refractivity contribution is -0.123. The molecule has 0 unspecified atom stereocenters. The molecule has 3 nitrogen and oxygen atoms in total. The lowest BCUT2D eigenvalue weighted by Gasteiger charge is -2.25. The monoisotopic (exact) mass is 165 g/mol. The van der Waals surface area contributed by atoms with Crippen molar-refractivity contribution in [3.8, 4) is 0 Å². The number of hydrogen-bond donors (Lipinski definition) is 1. The molecule has 1 saturated heterocycles. The maximum absolute atomic E-state index is 11.4. The average Bonchev–Trinajstić information content (AvgIpc) is 2.34. The zero-order chi connectivity index (χ0) is 8.39. The molecule has 0 atom stereocenters. The molecule has 1 N–H and O–H groups in total. The van der Waals surface area contributed by atoms with Gasteiger partial charge in [-0.3, -0.25) is 4.79 Å². The third-order valence-corrected chi connectivity index (χ3v) is 2.20. The highest BCUT2D eigenvalue weighted by atomic mass is 16.3. The van der Waals surface area contributed by atoms with Crippen LogP contribution in [0.25, 0.3) is 0 Å². The van der Waals surface area contributed by atoms with E-state index in [1.54, 1.807) is 12.5 Å². The molecule has 1 aromatic rings. The van der Waals surface area contributed by atoms with E-state index in [0.717, 1.165) is 18.7 Å². The fraction of sp³-hybridized carbons (Fsp3) is 0.444. The molecule has 0 spiro atoms. The molecule has 12 heavy (non-hydrogen) atoms. The smallest absolute Gasteiger partial charge is 0.142 e. The van der Waals surface area contributed by atoms with Crippen LogP contribution in [0.3, 0.4) is 0 Å². The van der Waals surface area contributed by atoms with Gasteiger partial charge in [-0.1, -0.05) is 0 Å². The summed E-state index contributed by atoms with van der Waals surface area (Å²) in [6.07, 6.45) is 3.74. The van der Waals surface area contributed by atoms with Gasteiger partial charge in [-0.15, -0.1) is 0 Å². The second kappa shape index (κ2) is 3.11. The maximum atomic E-state index is 11.4. The Hall–Kier alpha value is -1.09. The van der Waals surface area contributed by atoms with E-state index in [-0.39, 0.29) is 5.92 Å². The molecule has 0 bridgehead atoms. The van der Waals surface area contributed by atoms with E-state index in [1.807, 2.05) is 6.07 Å². The largest absolute Gasteiger partial charge is 0.472 e. The van der Waals surface area contributed by atoms with Crippen LogP contribution >= 0.6 is 0 Å². The number of nitrogens with one attached hydrogen (secondary N) is 1. The van der Waals surface area contributed by atoms with E-state index in [9.17, 15) is 4.79 Å². The summed E-state index contributed by atoms with van der Waals surface area (Å²) in [4.78, 5) is 11.4. The highest BCUT2D eigenvalue weighted by molar-refractivity contribution is 5.84. The van der Waals surface area contributed by atoms with Gasteiger partial charge in [0.1, 0.15) is 5.78 Å². The number of Topliss-reactive ketones (excluding diaryl/α,β-unsaturated/α-hetero) is 1. The molecular weight excluding hydrogens is 154 g/mol. The second-order valence-electron chi connectivity index (χ2n) is 3.13. The summed E-state index contributed by atoms with van der Waals surface area (Å²) in [7, 11) is 0. The zero-order valence-corrected chi connectivity index (χ0v) is 6.75. The summed E-state index contributed by atoms with van der Waals surface area (Å²) in [6.45, 7) is 1.69. The Labute approximate surface area is 70.8 Å². The molecule has 0 radical (unpaired) electrons. The summed E-state index contributed by atoms with van der Waals surface area (Å²) in [5.74, 6) is 0.551. The van der Waals surface area contributed by atoms with Crippen molar-refractivity contribution in [2.45, 2.75) is 6.42 Å². The van der Waals surface area contributed by atoms with Crippen molar-refractivity contribution in [3.05, 3.63) is 24.2 Å². The van der Waals surface area contributed by atoms with Crippen LogP contribution in [0.5, 0.6) is 0 Å². The normalized spacial score (nSPS) is 17.3. The van der Waals surface area contributed by atoms with Crippen molar-refractivity contribution in [1.29, 1.82) is 0 Å². The molecule has 0 aliphatic carbocycles. The van der Waals surface area contributed by atoms with Crippen molar-refractivity contribution < 1.29 is 9.21 Å². The summed E-state index contributed by atoms with van der Waals surface area (Å²) < 4.78 is 4.88. The van der Waals surface area contributed by atoms with Gasteiger partial charge >= 0.3 is 0 Å². The van der Waals surface area contributed by atoms with Crippen LogP contribution < -0.4 is 5.32 Å². The summed E-state index contributed by atoms with van der Waals surface area (Å²) >= 11 is 0. The van der Waals surface area contributed by atoms with Gasteiger partial charge in [-0.25, -0.2) is 0 Å². The Morgan fingerprint density at radius 3 is 3.00 bits per heavy atom. The Morgan fingerprint density at radius 2 is 2.50 bits per heavy atom. The first-order chi connectivity index (χ1) is 5.86. The predicted octanol–water partition coefficient (Wildman–Crippen LogP) is 0.611. The van der Waals surface area contributed by atoms with Crippen LogP contribution in [0.4, 0.5) is 0 Å². The Balaban J connectivity index is 1.90. The van der Waals surface area contributed by atoms with Gasteiger partial charge in [-0.05, 0) is 11.6 Å². The van der Waals surface area contributed by atoms with Gasteiger partial charge in [0.15, 0.2) is 0 Å². The number of carbonyl (C=O) groups excluding carboxylic acids is 1. The van der Waals surface area contributed by atoms with Crippen molar-refractivity contribution in [3.63, 3.8) is 0 Å². The van der Waals surface area contributed by atoms with Gasteiger partial charge in [0, 0.05) is 25.4 Å². The first-order valence-corrected chi connectivity index (χ1v) is 4.11. The minimum atomic E-state index is 0.236. The van der Waals surface area contributed by atoms with Gasteiger partial charge in [0.05, 0.1) is 12.5 Å². The minimum Gasteiger partial charge on any atom is -0.472 e. The molecule has 1 aliphatic rings. The third kappa shape index (κ3) is 1.41. The molecule has 3 heteroatoms. The predicted molar refractivity (Wildman–Crippen MR) is 43.8 cm³/mol. The molecule has 2 rings (SSSR count).